The molecule has 0 aliphatic heterocycles. The Hall–Kier alpha value is -3.57. The predicted molar refractivity (Wildman–Crippen MR) is 121 cm³/mol. The number of benzene rings is 2. The summed E-state index contributed by atoms with van der Waals surface area (Å²) in [6.45, 7) is -0.589. The van der Waals surface area contributed by atoms with Gasteiger partial charge in [-0.15, -0.1) is 0 Å². The number of carboxylic acids is 2. The van der Waals surface area contributed by atoms with Gasteiger partial charge in [0.25, 0.3) is 0 Å². The molecule has 0 aliphatic rings. The van der Waals surface area contributed by atoms with Crippen LogP contribution in [0.15, 0.2) is 60.7 Å². The summed E-state index contributed by atoms with van der Waals surface area (Å²) in [5.74, 6) is -2.68. The number of carbonyl (C=O) groups excluding carboxylic acids is 2. The number of hydrogen-bond donors (Lipinski definition) is 5. The molecule has 6 N–H and O–H groups in total. The van der Waals surface area contributed by atoms with Crippen LogP contribution in [0.3, 0.4) is 0 Å². The molecular formula is C22H25N3O7S. The molecule has 0 radical (unpaired) electrons. The smallest absolute Gasteiger partial charge is 0.407 e. The number of aliphatic carboxylic acids is 2. The van der Waals surface area contributed by atoms with Crippen LogP contribution >= 0.6 is 11.8 Å². The minimum absolute atomic E-state index is 0.113. The van der Waals surface area contributed by atoms with Gasteiger partial charge in [-0.2, -0.15) is 11.8 Å². The number of amides is 2. The normalized spacial score (nSPS) is 13.2. The van der Waals surface area contributed by atoms with Gasteiger partial charge in [-0.1, -0.05) is 60.7 Å². The van der Waals surface area contributed by atoms with Crippen molar-refractivity contribution in [2.75, 3.05) is 12.4 Å². The quantitative estimate of drug-likeness (QED) is 0.304. The molecule has 176 valence electrons. The highest BCUT2D eigenvalue weighted by molar-refractivity contribution is 7.98. The number of alkyl carbamates (subject to hydrolysis) is 1. The van der Waals surface area contributed by atoms with Crippen LogP contribution in [-0.4, -0.2) is 58.6 Å². The van der Waals surface area contributed by atoms with Crippen LogP contribution in [0.4, 0.5) is 4.79 Å². The van der Waals surface area contributed by atoms with E-state index in [1.54, 1.807) is 30.3 Å². The Kier molecular flexibility index (Phi) is 10.2. The average Bonchev–Trinajstić information content (AvgIpc) is 2.81. The van der Waals surface area contributed by atoms with Crippen LogP contribution in [-0.2, 0) is 24.9 Å². The van der Waals surface area contributed by atoms with Gasteiger partial charge in [0, 0.05) is 11.5 Å². The van der Waals surface area contributed by atoms with E-state index in [1.165, 1.54) is 11.8 Å². The lowest BCUT2D eigenvalue weighted by molar-refractivity contribution is -0.142. The first-order chi connectivity index (χ1) is 15.8. The fourth-order valence-electron chi connectivity index (χ4n) is 2.65. The fourth-order valence-corrected chi connectivity index (χ4v) is 3.66. The third-order valence-corrected chi connectivity index (χ3v) is 5.49. The number of nitrogens with two attached hydrogens (primary N) is 1. The van der Waals surface area contributed by atoms with Crippen LogP contribution < -0.4 is 16.4 Å². The summed E-state index contributed by atoms with van der Waals surface area (Å²) < 4.78 is 4.79. The van der Waals surface area contributed by atoms with E-state index in [2.05, 4.69) is 10.6 Å². The summed E-state index contributed by atoms with van der Waals surface area (Å²) in [7, 11) is 0. The third-order valence-electron chi connectivity index (χ3n) is 4.38. The van der Waals surface area contributed by atoms with Gasteiger partial charge in [0.1, 0.15) is 18.7 Å². The molecule has 10 nitrogen and oxygen atoms in total. The Bertz CT molecular complexity index is 944. The zero-order valence-electron chi connectivity index (χ0n) is 17.5. The molecule has 2 amide bonds. The van der Waals surface area contributed by atoms with Gasteiger partial charge in [-0.05, 0) is 11.1 Å². The predicted octanol–water partition coefficient (Wildman–Crippen LogP) is 1.37. The highest BCUT2D eigenvalue weighted by Gasteiger charge is 2.28. The second-order valence-corrected chi connectivity index (χ2v) is 7.96. The van der Waals surface area contributed by atoms with Gasteiger partial charge >= 0.3 is 18.0 Å². The van der Waals surface area contributed by atoms with Crippen molar-refractivity contribution in [3.8, 4) is 0 Å². The Balaban J connectivity index is 2.06. The number of ether oxygens (including phenoxy) is 1. The Labute approximate surface area is 194 Å². The SMILES string of the molecule is NC(COC(=O)NC(CSCc1ccccc1)C(=O)NC(C(=O)O)c1ccccc1)C(=O)O. The largest absolute Gasteiger partial charge is 0.480 e. The second kappa shape index (κ2) is 13.1. The Morgan fingerprint density at radius 3 is 2.09 bits per heavy atom. The highest BCUT2D eigenvalue weighted by Crippen LogP contribution is 2.16. The Morgan fingerprint density at radius 2 is 1.52 bits per heavy atom. The average molecular weight is 476 g/mol. The summed E-state index contributed by atoms with van der Waals surface area (Å²) in [5, 5.41) is 23.1. The molecule has 0 saturated carbocycles. The van der Waals surface area contributed by atoms with Crippen molar-refractivity contribution in [3.05, 3.63) is 71.8 Å². The zero-order valence-corrected chi connectivity index (χ0v) is 18.4. The molecule has 0 heterocycles. The maximum atomic E-state index is 12.9. The molecule has 0 bridgehead atoms. The van der Waals surface area contributed by atoms with Gasteiger partial charge < -0.3 is 31.3 Å². The van der Waals surface area contributed by atoms with Crippen LogP contribution in [0.2, 0.25) is 0 Å². The number of rotatable bonds is 12. The maximum absolute atomic E-state index is 12.9. The van der Waals surface area contributed by atoms with E-state index in [0.717, 1.165) is 5.56 Å². The molecule has 33 heavy (non-hydrogen) atoms. The first-order valence-electron chi connectivity index (χ1n) is 9.89. The third kappa shape index (κ3) is 8.83. The van der Waals surface area contributed by atoms with E-state index >= 15 is 0 Å². The van der Waals surface area contributed by atoms with Crippen molar-refractivity contribution in [1.82, 2.24) is 10.6 Å². The number of carboxylic acid groups (broad SMARTS) is 2. The van der Waals surface area contributed by atoms with E-state index in [4.69, 9.17) is 15.6 Å². The monoisotopic (exact) mass is 475 g/mol. The summed E-state index contributed by atoms with van der Waals surface area (Å²) in [6, 6.07) is 13.7. The lowest BCUT2D eigenvalue weighted by atomic mass is 10.1. The van der Waals surface area contributed by atoms with Gasteiger partial charge in [0.15, 0.2) is 6.04 Å². The van der Waals surface area contributed by atoms with Crippen LogP contribution in [0.5, 0.6) is 0 Å². The van der Waals surface area contributed by atoms with E-state index < -0.39 is 48.7 Å². The van der Waals surface area contributed by atoms with Gasteiger partial charge in [-0.3, -0.25) is 9.59 Å². The minimum Gasteiger partial charge on any atom is -0.480 e. The summed E-state index contributed by atoms with van der Waals surface area (Å²) in [5.41, 5.74) is 6.68. The summed E-state index contributed by atoms with van der Waals surface area (Å²) in [4.78, 5) is 47.5. The molecule has 0 saturated heterocycles. The van der Waals surface area contributed by atoms with E-state index in [1.807, 2.05) is 30.3 Å². The van der Waals surface area contributed by atoms with Gasteiger partial charge in [0.2, 0.25) is 5.91 Å². The number of carbonyl (C=O) groups is 4. The van der Waals surface area contributed by atoms with Crippen molar-refractivity contribution >= 4 is 35.7 Å². The van der Waals surface area contributed by atoms with Crippen LogP contribution in [0.25, 0.3) is 0 Å². The molecule has 0 aromatic heterocycles. The van der Waals surface area contributed by atoms with Crippen molar-refractivity contribution in [3.63, 3.8) is 0 Å². The first kappa shape index (κ1) is 25.7. The zero-order chi connectivity index (χ0) is 24.2. The number of nitrogens with one attached hydrogen (secondary N) is 2. The summed E-state index contributed by atoms with van der Waals surface area (Å²) >= 11 is 1.35. The molecule has 2 aromatic rings. The number of hydrogen-bond acceptors (Lipinski definition) is 7. The van der Waals surface area contributed by atoms with Gasteiger partial charge in [-0.25, -0.2) is 9.59 Å². The molecule has 0 spiro atoms. The minimum atomic E-state index is -1.41. The first-order valence-corrected chi connectivity index (χ1v) is 11.0. The number of thioether (sulfide) groups is 1. The molecule has 3 atom stereocenters. The molecule has 2 rings (SSSR count). The van der Waals surface area contributed by atoms with E-state index in [9.17, 15) is 24.3 Å². The molecule has 0 fully saturated rings. The topological polar surface area (TPSA) is 168 Å². The molecule has 3 unspecified atom stereocenters. The fraction of sp³-hybridized carbons (Fsp3) is 0.273. The van der Waals surface area contributed by atoms with Crippen molar-refractivity contribution in [2.45, 2.75) is 23.9 Å². The van der Waals surface area contributed by atoms with Crippen molar-refractivity contribution < 1.29 is 34.1 Å². The standard InChI is InChI=1S/C22H25N3O7S/c23-16(20(27)28)11-32-22(31)24-17(13-33-12-14-7-3-1-4-8-14)19(26)25-18(21(29)30)15-9-5-2-6-10-15/h1-10,16-18H,11-13,23H2,(H,24,31)(H,25,26)(H,27,28)(H,29,30). The van der Waals surface area contributed by atoms with Crippen molar-refractivity contribution in [1.29, 1.82) is 0 Å². The van der Waals surface area contributed by atoms with Crippen LogP contribution in [0.1, 0.15) is 17.2 Å². The lowest BCUT2D eigenvalue weighted by Crippen LogP contribution is -2.51. The molecule has 2 aromatic carbocycles. The van der Waals surface area contributed by atoms with Gasteiger partial charge in [0.05, 0.1) is 0 Å². The molecule has 11 heteroatoms. The molecular weight excluding hydrogens is 450 g/mol. The second-order valence-electron chi connectivity index (χ2n) is 6.93. The summed E-state index contributed by atoms with van der Waals surface area (Å²) in [6.07, 6.45) is -1.04. The highest BCUT2D eigenvalue weighted by atomic mass is 32.2. The van der Waals surface area contributed by atoms with E-state index in [-0.39, 0.29) is 5.75 Å². The van der Waals surface area contributed by atoms with Crippen molar-refractivity contribution in [2.24, 2.45) is 5.73 Å². The van der Waals surface area contributed by atoms with Crippen LogP contribution in [0, 0.1) is 0 Å². The maximum Gasteiger partial charge on any atom is 0.407 e. The molecule has 0 aliphatic carbocycles. The lowest BCUT2D eigenvalue weighted by Gasteiger charge is -2.21. The van der Waals surface area contributed by atoms with E-state index in [0.29, 0.717) is 11.3 Å². The Morgan fingerprint density at radius 1 is 0.909 bits per heavy atom.